The SMILES string of the molecule is N#CC(C#N)=C1C(=O)C(S)=C(S)C1=O. The number of thiol groups is 2. The number of hydrogen-bond acceptors (Lipinski definition) is 6. The molecule has 0 fully saturated rings. The summed E-state index contributed by atoms with van der Waals surface area (Å²) in [4.78, 5) is 22.4. The van der Waals surface area contributed by atoms with E-state index in [2.05, 4.69) is 25.3 Å². The van der Waals surface area contributed by atoms with Crippen molar-refractivity contribution in [2.75, 3.05) is 0 Å². The summed E-state index contributed by atoms with van der Waals surface area (Å²) in [5, 5.41) is 17.0. The number of rotatable bonds is 0. The van der Waals surface area contributed by atoms with E-state index in [0.717, 1.165) is 0 Å². The summed E-state index contributed by atoms with van der Waals surface area (Å²) in [6.07, 6.45) is 0. The minimum absolute atomic E-state index is 0.128. The summed E-state index contributed by atoms with van der Waals surface area (Å²) in [5.74, 6) is -1.44. The molecule has 0 atom stereocenters. The van der Waals surface area contributed by atoms with Crippen LogP contribution in [0.3, 0.4) is 0 Å². The van der Waals surface area contributed by atoms with Gasteiger partial charge in [0.15, 0.2) is 0 Å². The Balaban J connectivity index is 3.46. The molecule has 0 aromatic heterocycles. The van der Waals surface area contributed by atoms with Crippen LogP contribution in [0.1, 0.15) is 0 Å². The van der Waals surface area contributed by atoms with E-state index in [1.807, 2.05) is 0 Å². The molecule has 0 amide bonds. The van der Waals surface area contributed by atoms with Crippen molar-refractivity contribution in [1.29, 1.82) is 10.5 Å². The van der Waals surface area contributed by atoms with Crippen LogP contribution in [-0.4, -0.2) is 11.6 Å². The number of carbonyl (C=O) groups excluding carboxylic acids is 2. The summed E-state index contributed by atoms with van der Waals surface area (Å²) in [7, 11) is 0. The van der Waals surface area contributed by atoms with Crippen molar-refractivity contribution in [2.24, 2.45) is 0 Å². The summed E-state index contributed by atoms with van der Waals surface area (Å²) in [5.41, 5.74) is -0.944. The van der Waals surface area contributed by atoms with Gasteiger partial charge in [-0.3, -0.25) is 9.59 Å². The van der Waals surface area contributed by atoms with Crippen LogP contribution in [-0.2, 0) is 9.59 Å². The van der Waals surface area contributed by atoms with Crippen molar-refractivity contribution in [1.82, 2.24) is 0 Å². The second-order valence-electron chi connectivity index (χ2n) is 2.33. The summed E-state index contributed by atoms with van der Waals surface area (Å²) < 4.78 is 0. The molecule has 0 heterocycles. The maximum atomic E-state index is 11.3. The van der Waals surface area contributed by atoms with Gasteiger partial charge in [-0.2, -0.15) is 10.5 Å². The lowest BCUT2D eigenvalue weighted by Gasteiger charge is -1.91. The highest BCUT2D eigenvalue weighted by Gasteiger charge is 2.35. The average Bonchev–Trinajstić information content (AvgIpc) is 2.37. The first-order valence-electron chi connectivity index (χ1n) is 3.30. The molecule has 6 heteroatoms. The first kappa shape index (κ1) is 10.6. The van der Waals surface area contributed by atoms with Crippen molar-refractivity contribution in [3.63, 3.8) is 0 Å². The molecule has 14 heavy (non-hydrogen) atoms. The van der Waals surface area contributed by atoms with Gasteiger partial charge in [-0.15, -0.1) is 25.3 Å². The number of nitriles is 2. The van der Waals surface area contributed by atoms with Crippen LogP contribution in [0.15, 0.2) is 21.0 Å². The van der Waals surface area contributed by atoms with Crippen LogP contribution in [0.4, 0.5) is 0 Å². The zero-order valence-electron chi connectivity index (χ0n) is 6.61. The van der Waals surface area contributed by atoms with Gasteiger partial charge in [0.05, 0.1) is 9.81 Å². The average molecular weight is 222 g/mol. The molecule has 0 aromatic rings. The third-order valence-electron chi connectivity index (χ3n) is 1.58. The first-order valence-corrected chi connectivity index (χ1v) is 4.20. The summed E-state index contributed by atoms with van der Waals surface area (Å²) >= 11 is 7.51. The van der Waals surface area contributed by atoms with Gasteiger partial charge in [-0.1, -0.05) is 0 Å². The first-order chi connectivity index (χ1) is 6.54. The van der Waals surface area contributed by atoms with Crippen LogP contribution >= 0.6 is 25.3 Å². The molecule has 0 bridgehead atoms. The highest BCUT2D eigenvalue weighted by molar-refractivity contribution is 7.90. The lowest BCUT2D eigenvalue weighted by molar-refractivity contribution is -0.115. The van der Waals surface area contributed by atoms with Crippen molar-refractivity contribution in [3.05, 3.63) is 21.0 Å². The third-order valence-corrected chi connectivity index (χ3v) is 2.61. The largest absolute Gasteiger partial charge is 0.288 e. The Morgan fingerprint density at radius 2 is 1.36 bits per heavy atom. The van der Waals surface area contributed by atoms with Crippen molar-refractivity contribution in [3.8, 4) is 12.1 Å². The highest BCUT2D eigenvalue weighted by Crippen LogP contribution is 2.30. The van der Waals surface area contributed by atoms with Gasteiger partial charge in [0.1, 0.15) is 23.3 Å². The fourth-order valence-electron chi connectivity index (χ4n) is 0.919. The molecule has 0 spiro atoms. The number of Topliss-reactive ketones (excluding diaryl/α,β-unsaturated/α-hetero) is 2. The number of ketones is 2. The molecule has 1 rings (SSSR count). The smallest absolute Gasteiger partial charge is 0.206 e. The van der Waals surface area contributed by atoms with Crippen molar-refractivity contribution >= 4 is 36.8 Å². The fourth-order valence-corrected chi connectivity index (χ4v) is 1.35. The molecule has 68 valence electrons. The second-order valence-corrected chi connectivity index (χ2v) is 3.22. The molecular weight excluding hydrogens is 220 g/mol. The minimum atomic E-state index is -0.721. The van der Waals surface area contributed by atoms with Gasteiger partial charge < -0.3 is 0 Å². The van der Waals surface area contributed by atoms with E-state index in [-0.39, 0.29) is 9.81 Å². The van der Waals surface area contributed by atoms with Crippen LogP contribution < -0.4 is 0 Å². The van der Waals surface area contributed by atoms with Crippen molar-refractivity contribution < 1.29 is 9.59 Å². The molecule has 0 radical (unpaired) electrons. The molecule has 0 saturated heterocycles. The maximum absolute atomic E-state index is 11.3. The van der Waals surface area contributed by atoms with E-state index in [4.69, 9.17) is 10.5 Å². The Morgan fingerprint density at radius 1 is 1.00 bits per heavy atom. The Labute approximate surface area is 90.3 Å². The van der Waals surface area contributed by atoms with E-state index < -0.39 is 22.7 Å². The lowest BCUT2D eigenvalue weighted by Crippen LogP contribution is -2.06. The second kappa shape index (κ2) is 3.70. The van der Waals surface area contributed by atoms with E-state index in [9.17, 15) is 9.59 Å². The fraction of sp³-hybridized carbons (Fsp3) is 0. The quantitative estimate of drug-likeness (QED) is 0.271. The van der Waals surface area contributed by atoms with E-state index in [0.29, 0.717) is 0 Å². The van der Waals surface area contributed by atoms with Gasteiger partial charge in [-0.25, -0.2) is 0 Å². The molecule has 0 unspecified atom stereocenters. The van der Waals surface area contributed by atoms with E-state index in [1.165, 1.54) is 12.1 Å². The molecule has 1 aliphatic rings. The summed E-state index contributed by atoms with van der Waals surface area (Å²) in [6.45, 7) is 0. The van der Waals surface area contributed by atoms with Gasteiger partial charge in [-0.05, 0) is 0 Å². The van der Waals surface area contributed by atoms with Gasteiger partial charge >= 0.3 is 0 Å². The Kier molecular flexibility index (Phi) is 2.80. The van der Waals surface area contributed by atoms with E-state index >= 15 is 0 Å². The predicted molar refractivity (Wildman–Crippen MR) is 53.3 cm³/mol. The van der Waals surface area contributed by atoms with Crippen LogP contribution in [0, 0.1) is 22.7 Å². The number of carbonyl (C=O) groups is 2. The molecule has 0 N–H and O–H groups in total. The molecule has 1 aliphatic carbocycles. The number of allylic oxidation sites excluding steroid dienone is 4. The molecule has 0 aromatic carbocycles. The lowest BCUT2D eigenvalue weighted by atomic mass is 10.1. The topological polar surface area (TPSA) is 81.7 Å². The minimum Gasteiger partial charge on any atom is -0.288 e. The molecule has 0 saturated carbocycles. The predicted octanol–water partition coefficient (Wildman–Crippen LogP) is 0.553. The van der Waals surface area contributed by atoms with E-state index in [1.54, 1.807) is 0 Å². The standard InChI is InChI=1S/C8H2N2O2S2/c9-1-3(2-10)4-5(11)7(13)8(14)6(4)12/h13-14H. The Hall–Kier alpha value is -1.50. The zero-order valence-corrected chi connectivity index (χ0v) is 8.39. The Bertz CT molecular complexity index is 446. The number of hydrogen-bond donors (Lipinski definition) is 2. The molecule has 4 nitrogen and oxygen atoms in total. The van der Waals surface area contributed by atoms with Crippen LogP contribution in [0.2, 0.25) is 0 Å². The third kappa shape index (κ3) is 1.35. The normalized spacial score (nSPS) is 15.6. The zero-order chi connectivity index (χ0) is 10.9. The van der Waals surface area contributed by atoms with Crippen LogP contribution in [0.25, 0.3) is 0 Å². The van der Waals surface area contributed by atoms with Gasteiger partial charge in [0.25, 0.3) is 0 Å². The monoisotopic (exact) mass is 222 g/mol. The Morgan fingerprint density at radius 3 is 1.64 bits per heavy atom. The van der Waals surface area contributed by atoms with Crippen molar-refractivity contribution in [2.45, 2.75) is 0 Å². The maximum Gasteiger partial charge on any atom is 0.206 e. The molecule has 0 aliphatic heterocycles. The summed E-state index contributed by atoms with van der Waals surface area (Å²) in [6, 6.07) is 2.96. The highest BCUT2D eigenvalue weighted by atomic mass is 32.1. The molecular formula is C8H2N2O2S2. The van der Waals surface area contributed by atoms with Gasteiger partial charge in [0, 0.05) is 0 Å². The number of nitrogens with zero attached hydrogens (tertiary/aromatic N) is 2. The van der Waals surface area contributed by atoms with Gasteiger partial charge in [0.2, 0.25) is 11.6 Å². The van der Waals surface area contributed by atoms with Crippen LogP contribution in [0.5, 0.6) is 0 Å².